The molecule has 0 fully saturated rings. The summed E-state index contributed by atoms with van der Waals surface area (Å²) in [6, 6.07) is 8.73. The van der Waals surface area contributed by atoms with Gasteiger partial charge in [0.2, 0.25) is 5.91 Å². The Hall–Kier alpha value is -1.64. The van der Waals surface area contributed by atoms with E-state index in [1.807, 2.05) is 26.8 Å². The topological polar surface area (TPSA) is 46.2 Å². The maximum absolute atomic E-state index is 11.7. The molecule has 0 unspecified atom stereocenters. The highest BCUT2D eigenvalue weighted by molar-refractivity contribution is 6.05. The SMILES string of the molecule is CCC(C)(C)C(=O)NC(=O)c1ccccc1. The zero-order chi connectivity index (χ0) is 12.2. The van der Waals surface area contributed by atoms with Gasteiger partial charge in [0, 0.05) is 11.0 Å². The van der Waals surface area contributed by atoms with Crippen LogP contribution < -0.4 is 5.32 Å². The third-order valence-electron chi connectivity index (χ3n) is 2.76. The molecule has 0 spiro atoms. The lowest BCUT2D eigenvalue weighted by molar-refractivity contribution is -0.128. The molecule has 0 bridgehead atoms. The van der Waals surface area contributed by atoms with Gasteiger partial charge in [0.1, 0.15) is 0 Å². The van der Waals surface area contributed by atoms with E-state index < -0.39 is 5.41 Å². The van der Waals surface area contributed by atoms with Gasteiger partial charge in [-0.3, -0.25) is 14.9 Å². The van der Waals surface area contributed by atoms with Crippen LogP contribution in [0.5, 0.6) is 0 Å². The van der Waals surface area contributed by atoms with Crippen LogP contribution in [0.15, 0.2) is 30.3 Å². The van der Waals surface area contributed by atoms with Crippen LogP contribution in [-0.2, 0) is 4.79 Å². The second-order valence-corrected chi connectivity index (χ2v) is 4.39. The summed E-state index contributed by atoms with van der Waals surface area (Å²) in [6.07, 6.45) is 0.695. The molecule has 0 atom stereocenters. The van der Waals surface area contributed by atoms with Crippen LogP contribution in [0.3, 0.4) is 0 Å². The molecule has 0 saturated heterocycles. The molecule has 3 heteroatoms. The first kappa shape index (κ1) is 12.4. The fraction of sp³-hybridized carbons (Fsp3) is 0.385. The molecule has 0 radical (unpaired) electrons. The highest BCUT2D eigenvalue weighted by Crippen LogP contribution is 2.19. The van der Waals surface area contributed by atoms with Gasteiger partial charge < -0.3 is 0 Å². The minimum Gasteiger partial charge on any atom is -0.292 e. The lowest BCUT2D eigenvalue weighted by atomic mass is 9.89. The molecule has 3 nitrogen and oxygen atoms in total. The van der Waals surface area contributed by atoms with Gasteiger partial charge in [-0.15, -0.1) is 0 Å². The molecule has 86 valence electrons. The molecule has 0 saturated carbocycles. The first-order valence-corrected chi connectivity index (χ1v) is 5.38. The Bertz CT molecular complexity index is 382. The van der Waals surface area contributed by atoms with E-state index in [0.29, 0.717) is 12.0 Å². The van der Waals surface area contributed by atoms with Crippen molar-refractivity contribution < 1.29 is 9.59 Å². The molecular weight excluding hydrogens is 202 g/mol. The Morgan fingerprint density at radius 2 is 1.75 bits per heavy atom. The van der Waals surface area contributed by atoms with E-state index in [1.165, 1.54) is 0 Å². The molecule has 1 aromatic carbocycles. The molecule has 1 aromatic rings. The molecule has 0 aliphatic heterocycles. The normalized spacial score (nSPS) is 10.9. The van der Waals surface area contributed by atoms with Crippen molar-refractivity contribution in [3.8, 4) is 0 Å². The van der Waals surface area contributed by atoms with Gasteiger partial charge in [-0.05, 0) is 18.6 Å². The first-order chi connectivity index (χ1) is 7.47. The number of carbonyl (C=O) groups is 2. The second-order valence-electron chi connectivity index (χ2n) is 4.39. The van der Waals surface area contributed by atoms with Crippen LogP contribution in [0.25, 0.3) is 0 Å². The van der Waals surface area contributed by atoms with E-state index in [1.54, 1.807) is 24.3 Å². The lowest BCUT2D eigenvalue weighted by Crippen LogP contribution is -2.40. The molecule has 0 aromatic heterocycles. The molecule has 1 rings (SSSR count). The zero-order valence-electron chi connectivity index (χ0n) is 9.91. The average molecular weight is 219 g/mol. The van der Waals surface area contributed by atoms with Gasteiger partial charge >= 0.3 is 0 Å². The summed E-state index contributed by atoms with van der Waals surface area (Å²) in [4.78, 5) is 23.4. The summed E-state index contributed by atoms with van der Waals surface area (Å²) in [5, 5.41) is 2.41. The summed E-state index contributed by atoms with van der Waals surface area (Å²) in [6.45, 7) is 5.56. The number of carbonyl (C=O) groups excluding carboxylic acids is 2. The second kappa shape index (κ2) is 4.92. The number of hydrogen-bond acceptors (Lipinski definition) is 2. The standard InChI is InChI=1S/C13H17NO2/c1-4-13(2,3)12(16)14-11(15)10-8-6-5-7-9-10/h5-9H,4H2,1-3H3,(H,14,15,16). The molecule has 0 aliphatic rings. The van der Waals surface area contributed by atoms with Crippen molar-refractivity contribution in [1.29, 1.82) is 0 Å². The third kappa shape index (κ3) is 2.92. The Morgan fingerprint density at radius 1 is 1.19 bits per heavy atom. The summed E-state index contributed by atoms with van der Waals surface area (Å²) < 4.78 is 0. The zero-order valence-corrected chi connectivity index (χ0v) is 9.91. The Balaban J connectivity index is 2.70. The molecule has 2 amide bonds. The van der Waals surface area contributed by atoms with E-state index in [9.17, 15) is 9.59 Å². The van der Waals surface area contributed by atoms with Crippen molar-refractivity contribution >= 4 is 11.8 Å². The Kier molecular flexibility index (Phi) is 3.82. The number of amides is 2. The largest absolute Gasteiger partial charge is 0.292 e. The predicted molar refractivity (Wildman–Crippen MR) is 63.0 cm³/mol. The predicted octanol–water partition coefficient (Wildman–Crippen LogP) is 2.38. The van der Waals surface area contributed by atoms with Crippen LogP contribution in [-0.4, -0.2) is 11.8 Å². The van der Waals surface area contributed by atoms with E-state index in [2.05, 4.69) is 5.32 Å². The van der Waals surface area contributed by atoms with Gasteiger partial charge in [0.25, 0.3) is 5.91 Å². The molecular formula is C13H17NO2. The van der Waals surface area contributed by atoms with Crippen LogP contribution in [0.1, 0.15) is 37.6 Å². The lowest BCUT2D eigenvalue weighted by Gasteiger charge is -2.20. The Morgan fingerprint density at radius 3 is 2.25 bits per heavy atom. The smallest absolute Gasteiger partial charge is 0.257 e. The number of hydrogen-bond donors (Lipinski definition) is 1. The van der Waals surface area contributed by atoms with Crippen molar-refractivity contribution in [3.63, 3.8) is 0 Å². The third-order valence-corrected chi connectivity index (χ3v) is 2.76. The minimum atomic E-state index is -0.509. The maximum atomic E-state index is 11.7. The summed E-state index contributed by atoms with van der Waals surface area (Å²) in [7, 11) is 0. The van der Waals surface area contributed by atoms with Crippen LogP contribution in [0, 0.1) is 5.41 Å². The molecule has 16 heavy (non-hydrogen) atoms. The van der Waals surface area contributed by atoms with Gasteiger partial charge in [-0.25, -0.2) is 0 Å². The number of imide groups is 1. The van der Waals surface area contributed by atoms with E-state index >= 15 is 0 Å². The highest BCUT2D eigenvalue weighted by atomic mass is 16.2. The quantitative estimate of drug-likeness (QED) is 0.848. The maximum Gasteiger partial charge on any atom is 0.257 e. The molecule has 0 heterocycles. The number of benzene rings is 1. The Labute approximate surface area is 95.9 Å². The summed E-state index contributed by atoms with van der Waals surface area (Å²) in [5.41, 5.74) is -0.00693. The van der Waals surface area contributed by atoms with Crippen LogP contribution >= 0.6 is 0 Å². The molecule has 1 N–H and O–H groups in total. The fourth-order valence-corrected chi connectivity index (χ4v) is 1.09. The average Bonchev–Trinajstić information content (AvgIpc) is 2.30. The van der Waals surface area contributed by atoms with Crippen LogP contribution in [0.4, 0.5) is 0 Å². The summed E-state index contributed by atoms with van der Waals surface area (Å²) >= 11 is 0. The van der Waals surface area contributed by atoms with Gasteiger partial charge in [-0.2, -0.15) is 0 Å². The summed E-state index contributed by atoms with van der Waals surface area (Å²) in [5.74, 6) is -0.573. The van der Waals surface area contributed by atoms with Crippen molar-refractivity contribution in [3.05, 3.63) is 35.9 Å². The number of rotatable bonds is 3. The van der Waals surface area contributed by atoms with Gasteiger partial charge in [0.15, 0.2) is 0 Å². The van der Waals surface area contributed by atoms with E-state index in [4.69, 9.17) is 0 Å². The minimum absolute atomic E-state index is 0.233. The van der Waals surface area contributed by atoms with Crippen molar-refractivity contribution in [1.82, 2.24) is 5.32 Å². The monoisotopic (exact) mass is 219 g/mol. The van der Waals surface area contributed by atoms with E-state index in [-0.39, 0.29) is 11.8 Å². The van der Waals surface area contributed by atoms with Crippen molar-refractivity contribution in [2.45, 2.75) is 27.2 Å². The van der Waals surface area contributed by atoms with Gasteiger partial charge in [0.05, 0.1) is 0 Å². The fourth-order valence-electron chi connectivity index (χ4n) is 1.09. The first-order valence-electron chi connectivity index (χ1n) is 5.38. The van der Waals surface area contributed by atoms with Crippen LogP contribution in [0.2, 0.25) is 0 Å². The van der Waals surface area contributed by atoms with Crippen molar-refractivity contribution in [2.24, 2.45) is 5.41 Å². The molecule has 0 aliphatic carbocycles. The van der Waals surface area contributed by atoms with E-state index in [0.717, 1.165) is 0 Å². The number of nitrogens with one attached hydrogen (secondary N) is 1. The van der Waals surface area contributed by atoms with Gasteiger partial charge in [-0.1, -0.05) is 39.0 Å². The van der Waals surface area contributed by atoms with Crippen molar-refractivity contribution in [2.75, 3.05) is 0 Å². The highest BCUT2D eigenvalue weighted by Gasteiger charge is 2.26.